The van der Waals surface area contributed by atoms with E-state index in [0.717, 1.165) is 17.6 Å². The van der Waals surface area contributed by atoms with Gasteiger partial charge < -0.3 is 9.88 Å². The Morgan fingerprint density at radius 3 is 2.80 bits per heavy atom. The van der Waals surface area contributed by atoms with Gasteiger partial charge in [-0.25, -0.2) is 4.98 Å². The number of rotatable bonds is 4. The number of para-hydroxylation sites is 1. The third-order valence-corrected chi connectivity index (χ3v) is 4.45. The SMILES string of the molecule is CCC1CCCCC1n1ccnc1Nc1ccccc1. The van der Waals surface area contributed by atoms with Crippen molar-refractivity contribution in [3.05, 3.63) is 42.7 Å². The van der Waals surface area contributed by atoms with Crippen LogP contribution in [0.2, 0.25) is 0 Å². The van der Waals surface area contributed by atoms with Gasteiger partial charge in [0, 0.05) is 24.1 Å². The Hall–Kier alpha value is -1.77. The van der Waals surface area contributed by atoms with E-state index < -0.39 is 0 Å². The molecule has 1 saturated carbocycles. The maximum absolute atomic E-state index is 4.51. The molecule has 0 amide bonds. The molecule has 0 aliphatic heterocycles. The Kier molecular flexibility index (Phi) is 4.05. The summed E-state index contributed by atoms with van der Waals surface area (Å²) in [4.78, 5) is 4.51. The lowest BCUT2D eigenvalue weighted by atomic mass is 9.83. The second-order valence-electron chi connectivity index (χ2n) is 5.67. The summed E-state index contributed by atoms with van der Waals surface area (Å²) in [5, 5.41) is 3.45. The van der Waals surface area contributed by atoms with Gasteiger partial charge in [0.25, 0.3) is 0 Å². The summed E-state index contributed by atoms with van der Waals surface area (Å²) in [5.74, 6) is 1.76. The van der Waals surface area contributed by atoms with Crippen molar-refractivity contribution >= 4 is 11.6 Å². The minimum absolute atomic E-state index is 0.600. The van der Waals surface area contributed by atoms with E-state index >= 15 is 0 Å². The van der Waals surface area contributed by atoms with E-state index in [1.54, 1.807) is 0 Å². The Bertz CT molecular complexity index is 532. The van der Waals surface area contributed by atoms with Crippen LogP contribution >= 0.6 is 0 Å². The van der Waals surface area contributed by atoms with E-state index in [4.69, 9.17) is 0 Å². The molecule has 1 aliphatic rings. The van der Waals surface area contributed by atoms with Crippen LogP contribution in [0.5, 0.6) is 0 Å². The molecular weight excluding hydrogens is 246 g/mol. The van der Waals surface area contributed by atoms with Gasteiger partial charge in [-0.3, -0.25) is 0 Å². The van der Waals surface area contributed by atoms with Gasteiger partial charge >= 0.3 is 0 Å². The first-order chi connectivity index (χ1) is 9.88. The third kappa shape index (κ3) is 2.72. The van der Waals surface area contributed by atoms with Crippen LogP contribution in [0.3, 0.4) is 0 Å². The lowest BCUT2D eigenvalue weighted by Crippen LogP contribution is -2.23. The number of imidazole rings is 1. The van der Waals surface area contributed by atoms with Crippen LogP contribution in [-0.2, 0) is 0 Å². The first kappa shape index (κ1) is 13.2. The number of nitrogens with zero attached hydrogens (tertiary/aromatic N) is 2. The van der Waals surface area contributed by atoms with Crippen molar-refractivity contribution < 1.29 is 0 Å². The molecule has 106 valence electrons. The average Bonchev–Trinajstić information content (AvgIpc) is 2.96. The summed E-state index contributed by atoms with van der Waals surface area (Å²) in [7, 11) is 0. The number of benzene rings is 1. The molecule has 3 heteroatoms. The Labute approximate surface area is 121 Å². The van der Waals surface area contributed by atoms with E-state index in [9.17, 15) is 0 Å². The average molecular weight is 269 g/mol. The highest BCUT2D eigenvalue weighted by Crippen LogP contribution is 2.37. The molecule has 2 aromatic rings. The molecule has 1 N–H and O–H groups in total. The van der Waals surface area contributed by atoms with Crippen molar-refractivity contribution in [3.63, 3.8) is 0 Å². The fourth-order valence-electron chi connectivity index (χ4n) is 3.36. The van der Waals surface area contributed by atoms with Crippen LogP contribution in [0.4, 0.5) is 11.6 Å². The molecule has 0 spiro atoms. The number of nitrogens with one attached hydrogen (secondary N) is 1. The van der Waals surface area contributed by atoms with Gasteiger partial charge in [-0.2, -0.15) is 0 Å². The van der Waals surface area contributed by atoms with Crippen LogP contribution in [0.15, 0.2) is 42.7 Å². The van der Waals surface area contributed by atoms with Gasteiger partial charge in [-0.05, 0) is 30.9 Å². The molecule has 1 aliphatic carbocycles. The predicted molar refractivity (Wildman–Crippen MR) is 83.2 cm³/mol. The summed E-state index contributed by atoms with van der Waals surface area (Å²) in [6, 6.07) is 10.9. The third-order valence-electron chi connectivity index (χ3n) is 4.45. The molecule has 2 unspecified atom stereocenters. The van der Waals surface area contributed by atoms with E-state index in [-0.39, 0.29) is 0 Å². The zero-order valence-electron chi connectivity index (χ0n) is 12.1. The quantitative estimate of drug-likeness (QED) is 0.866. The van der Waals surface area contributed by atoms with Gasteiger partial charge in [-0.15, -0.1) is 0 Å². The minimum Gasteiger partial charge on any atom is -0.326 e. The van der Waals surface area contributed by atoms with Crippen molar-refractivity contribution in [1.29, 1.82) is 0 Å². The molecule has 1 fully saturated rings. The van der Waals surface area contributed by atoms with Crippen LogP contribution in [0, 0.1) is 5.92 Å². The molecule has 3 rings (SSSR count). The lowest BCUT2D eigenvalue weighted by molar-refractivity contribution is 0.234. The van der Waals surface area contributed by atoms with Crippen molar-refractivity contribution in [2.24, 2.45) is 5.92 Å². The molecule has 1 heterocycles. The maximum atomic E-state index is 4.51. The summed E-state index contributed by atoms with van der Waals surface area (Å²) in [6.07, 6.45) is 10.6. The second-order valence-corrected chi connectivity index (χ2v) is 5.67. The number of hydrogen-bond donors (Lipinski definition) is 1. The molecule has 3 nitrogen and oxygen atoms in total. The fraction of sp³-hybridized carbons (Fsp3) is 0.471. The number of anilines is 2. The second kappa shape index (κ2) is 6.12. The largest absolute Gasteiger partial charge is 0.326 e. The first-order valence-corrected chi connectivity index (χ1v) is 7.73. The highest BCUT2D eigenvalue weighted by Gasteiger charge is 2.26. The Morgan fingerprint density at radius 2 is 2.00 bits per heavy atom. The smallest absolute Gasteiger partial charge is 0.207 e. The molecular formula is C17H23N3. The molecule has 2 atom stereocenters. The predicted octanol–water partition coefficient (Wildman–Crippen LogP) is 4.77. The molecule has 0 radical (unpaired) electrons. The molecule has 20 heavy (non-hydrogen) atoms. The summed E-state index contributed by atoms with van der Waals surface area (Å²) >= 11 is 0. The lowest BCUT2D eigenvalue weighted by Gasteiger charge is -2.32. The minimum atomic E-state index is 0.600. The van der Waals surface area contributed by atoms with Crippen molar-refractivity contribution in [1.82, 2.24) is 9.55 Å². The van der Waals surface area contributed by atoms with Gasteiger partial charge in [0.2, 0.25) is 5.95 Å². The van der Waals surface area contributed by atoms with Crippen LogP contribution in [0.25, 0.3) is 0 Å². The highest BCUT2D eigenvalue weighted by molar-refractivity contribution is 5.53. The van der Waals surface area contributed by atoms with Crippen LogP contribution < -0.4 is 5.32 Å². The summed E-state index contributed by atoms with van der Waals surface area (Å²) < 4.78 is 2.35. The molecule has 0 bridgehead atoms. The maximum Gasteiger partial charge on any atom is 0.207 e. The van der Waals surface area contributed by atoms with E-state index in [0.29, 0.717) is 6.04 Å². The summed E-state index contributed by atoms with van der Waals surface area (Å²) in [5.41, 5.74) is 1.10. The molecule has 1 aromatic carbocycles. The van der Waals surface area contributed by atoms with Gasteiger partial charge in [0.1, 0.15) is 0 Å². The van der Waals surface area contributed by atoms with E-state index in [1.807, 2.05) is 24.4 Å². The Morgan fingerprint density at radius 1 is 1.20 bits per heavy atom. The normalized spacial score (nSPS) is 22.6. The molecule has 0 saturated heterocycles. The van der Waals surface area contributed by atoms with Crippen LogP contribution in [0.1, 0.15) is 45.1 Å². The highest BCUT2D eigenvalue weighted by atomic mass is 15.2. The van der Waals surface area contributed by atoms with Gasteiger partial charge in [0.15, 0.2) is 0 Å². The zero-order chi connectivity index (χ0) is 13.8. The number of aromatic nitrogens is 2. The van der Waals surface area contributed by atoms with Crippen molar-refractivity contribution in [3.8, 4) is 0 Å². The number of hydrogen-bond acceptors (Lipinski definition) is 2. The van der Waals surface area contributed by atoms with E-state index in [2.05, 4.69) is 40.1 Å². The van der Waals surface area contributed by atoms with Crippen molar-refractivity contribution in [2.75, 3.05) is 5.32 Å². The van der Waals surface area contributed by atoms with Crippen LogP contribution in [-0.4, -0.2) is 9.55 Å². The molecule has 1 aromatic heterocycles. The standard InChI is InChI=1S/C17H23N3/c1-2-14-8-6-7-11-16(14)20-13-12-18-17(20)19-15-9-4-3-5-10-15/h3-5,9-10,12-14,16H,2,6-8,11H2,1H3,(H,18,19). The Balaban J connectivity index is 1.82. The first-order valence-electron chi connectivity index (χ1n) is 7.73. The van der Waals surface area contributed by atoms with Crippen molar-refractivity contribution in [2.45, 2.75) is 45.1 Å². The summed E-state index contributed by atoms with van der Waals surface area (Å²) in [6.45, 7) is 2.31. The van der Waals surface area contributed by atoms with Gasteiger partial charge in [-0.1, -0.05) is 44.4 Å². The monoisotopic (exact) mass is 269 g/mol. The topological polar surface area (TPSA) is 29.9 Å². The zero-order valence-corrected chi connectivity index (χ0v) is 12.1. The van der Waals surface area contributed by atoms with Gasteiger partial charge in [0.05, 0.1) is 0 Å². The van der Waals surface area contributed by atoms with E-state index in [1.165, 1.54) is 32.1 Å². The fourth-order valence-corrected chi connectivity index (χ4v) is 3.36.